The van der Waals surface area contributed by atoms with E-state index in [2.05, 4.69) is 10.0 Å². The Bertz CT molecular complexity index is 1180. The van der Waals surface area contributed by atoms with Gasteiger partial charge in [0.1, 0.15) is 0 Å². The number of nitrogens with zero attached hydrogens (tertiary/aromatic N) is 1. The van der Waals surface area contributed by atoms with Crippen molar-refractivity contribution in [1.29, 1.82) is 0 Å². The number of hydrogen-bond acceptors (Lipinski definition) is 5. The average molecular weight is 470 g/mol. The molecule has 1 saturated carbocycles. The highest BCUT2D eigenvalue weighted by Gasteiger charge is 2.47. The number of nitrogens with one attached hydrogen (secondary N) is 2. The van der Waals surface area contributed by atoms with Gasteiger partial charge in [0.15, 0.2) is 0 Å². The molecule has 2 N–H and O–H groups in total. The van der Waals surface area contributed by atoms with Crippen molar-refractivity contribution in [1.82, 2.24) is 4.90 Å². The molecule has 1 heterocycles. The lowest BCUT2D eigenvalue weighted by molar-refractivity contribution is -0.140. The summed E-state index contributed by atoms with van der Waals surface area (Å²) in [5, 5.41) is 2.63. The first-order chi connectivity index (χ1) is 15.7. The summed E-state index contributed by atoms with van der Waals surface area (Å²) in [6, 6.07) is 11.3. The van der Waals surface area contributed by atoms with Crippen LogP contribution in [0.2, 0.25) is 0 Å². The molecule has 0 unspecified atom stereocenters. The fourth-order valence-corrected chi connectivity index (χ4v) is 5.99. The highest BCUT2D eigenvalue weighted by Crippen LogP contribution is 2.38. The summed E-state index contributed by atoms with van der Waals surface area (Å²) < 4.78 is 28.7. The van der Waals surface area contributed by atoms with Crippen LogP contribution < -0.4 is 10.0 Å². The molecule has 3 amide bonds. The van der Waals surface area contributed by atoms with E-state index in [9.17, 15) is 22.8 Å². The van der Waals surface area contributed by atoms with E-state index in [4.69, 9.17) is 0 Å². The SMILES string of the molecule is CC(=O)Nc1ccc(NS(=O)(=O)c2cc(CN3C(=O)[C@@H]4CCCC[C@H]4C3=O)ccc2C)cc1. The van der Waals surface area contributed by atoms with Crippen LogP contribution in [-0.2, 0) is 31.0 Å². The zero-order valence-corrected chi connectivity index (χ0v) is 19.4. The molecule has 2 fully saturated rings. The van der Waals surface area contributed by atoms with Gasteiger partial charge in [-0.1, -0.05) is 25.0 Å². The maximum absolute atomic E-state index is 13.1. The number of benzene rings is 2. The average Bonchev–Trinajstić information content (AvgIpc) is 3.01. The van der Waals surface area contributed by atoms with E-state index in [-0.39, 0.29) is 41.0 Å². The number of imide groups is 1. The number of sulfonamides is 1. The first-order valence-electron chi connectivity index (χ1n) is 11.0. The van der Waals surface area contributed by atoms with Crippen LogP contribution in [0.25, 0.3) is 0 Å². The Balaban J connectivity index is 1.53. The van der Waals surface area contributed by atoms with E-state index >= 15 is 0 Å². The van der Waals surface area contributed by atoms with Gasteiger partial charge in [-0.25, -0.2) is 8.42 Å². The summed E-state index contributed by atoms with van der Waals surface area (Å²) in [6.45, 7) is 3.15. The first-order valence-corrected chi connectivity index (χ1v) is 12.5. The number of aryl methyl sites for hydroxylation is 1. The molecule has 4 rings (SSSR count). The lowest BCUT2D eigenvalue weighted by Gasteiger charge is -2.19. The van der Waals surface area contributed by atoms with Gasteiger partial charge in [0.2, 0.25) is 17.7 Å². The second-order valence-electron chi connectivity index (χ2n) is 8.72. The Morgan fingerprint density at radius 1 is 0.970 bits per heavy atom. The van der Waals surface area contributed by atoms with Gasteiger partial charge >= 0.3 is 0 Å². The van der Waals surface area contributed by atoms with Crippen molar-refractivity contribution >= 4 is 39.1 Å². The number of likely N-dealkylation sites (tertiary alicyclic amines) is 1. The predicted octanol–water partition coefficient (Wildman–Crippen LogP) is 3.43. The van der Waals surface area contributed by atoms with Crippen molar-refractivity contribution in [3.63, 3.8) is 0 Å². The van der Waals surface area contributed by atoms with Gasteiger partial charge in [-0.3, -0.25) is 24.0 Å². The van der Waals surface area contributed by atoms with E-state index in [0.717, 1.165) is 25.7 Å². The maximum atomic E-state index is 13.1. The second-order valence-corrected chi connectivity index (χ2v) is 10.4. The van der Waals surface area contributed by atoms with Gasteiger partial charge in [-0.05, 0) is 61.2 Å². The van der Waals surface area contributed by atoms with E-state index in [1.165, 1.54) is 17.9 Å². The molecule has 2 aliphatic rings. The van der Waals surface area contributed by atoms with Crippen LogP contribution in [0.15, 0.2) is 47.4 Å². The Hall–Kier alpha value is -3.20. The number of fused-ring (bicyclic) bond motifs is 1. The van der Waals surface area contributed by atoms with Crippen LogP contribution in [0.4, 0.5) is 11.4 Å². The monoisotopic (exact) mass is 469 g/mol. The van der Waals surface area contributed by atoms with Gasteiger partial charge in [0, 0.05) is 18.3 Å². The van der Waals surface area contributed by atoms with Crippen molar-refractivity contribution in [3.05, 3.63) is 53.6 Å². The van der Waals surface area contributed by atoms with Crippen molar-refractivity contribution in [2.75, 3.05) is 10.0 Å². The largest absolute Gasteiger partial charge is 0.326 e. The van der Waals surface area contributed by atoms with Crippen molar-refractivity contribution in [3.8, 4) is 0 Å². The number of carbonyl (C=O) groups is 3. The molecule has 174 valence electrons. The topological polar surface area (TPSA) is 113 Å². The minimum Gasteiger partial charge on any atom is -0.326 e. The third-order valence-corrected chi connectivity index (χ3v) is 7.80. The fourth-order valence-electron chi connectivity index (χ4n) is 4.64. The van der Waals surface area contributed by atoms with E-state index < -0.39 is 10.0 Å². The van der Waals surface area contributed by atoms with Crippen LogP contribution in [0.1, 0.15) is 43.7 Å². The van der Waals surface area contributed by atoms with Crippen LogP contribution in [0.5, 0.6) is 0 Å². The molecule has 33 heavy (non-hydrogen) atoms. The molecule has 9 heteroatoms. The van der Waals surface area contributed by atoms with Crippen molar-refractivity contribution in [2.24, 2.45) is 11.8 Å². The minimum atomic E-state index is -3.91. The van der Waals surface area contributed by atoms with Crippen LogP contribution in [0.3, 0.4) is 0 Å². The lowest BCUT2D eigenvalue weighted by atomic mass is 9.81. The third-order valence-electron chi connectivity index (χ3n) is 6.27. The lowest BCUT2D eigenvalue weighted by Crippen LogP contribution is -2.30. The molecule has 1 aliphatic carbocycles. The molecule has 8 nitrogen and oxygen atoms in total. The fraction of sp³-hybridized carbons (Fsp3) is 0.375. The Morgan fingerprint density at radius 2 is 1.55 bits per heavy atom. The molecule has 2 atom stereocenters. The molecule has 0 bridgehead atoms. The summed E-state index contributed by atoms with van der Waals surface area (Å²) in [6.07, 6.45) is 3.39. The van der Waals surface area contributed by atoms with Gasteiger partial charge in [-0.2, -0.15) is 0 Å². The van der Waals surface area contributed by atoms with Gasteiger partial charge < -0.3 is 5.32 Å². The smallest absolute Gasteiger partial charge is 0.262 e. The van der Waals surface area contributed by atoms with Crippen molar-refractivity contribution < 1.29 is 22.8 Å². The number of carbonyl (C=O) groups excluding carboxylic acids is 3. The first kappa shape index (κ1) is 23.0. The van der Waals surface area contributed by atoms with Gasteiger partial charge in [0.05, 0.1) is 23.3 Å². The Morgan fingerprint density at radius 3 is 2.12 bits per heavy atom. The summed E-state index contributed by atoms with van der Waals surface area (Å²) >= 11 is 0. The Kier molecular flexibility index (Phi) is 6.25. The predicted molar refractivity (Wildman–Crippen MR) is 124 cm³/mol. The van der Waals surface area contributed by atoms with E-state index in [1.54, 1.807) is 43.3 Å². The van der Waals surface area contributed by atoms with Crippen molar-refractivity contribution in [2.45, 2.75) is 51.0 Å². The molecule has 1 saturated heterocycles. The molecule has 2 aromatic carbocycles. The van der Waals surface area contributed by atoms with E-state index in [1.807, 2.05) is 0 Å². The number of rotatable bonds is 6. The summed E-state index contributed by atoms with van der Waals surface area (Å²) in [5.41, 5.74) is 2.04. The van der Waals surface area contributed by atoms with Gasteiger partial charge in [-0.15, -0.1) is 0 Å². The summed E-state index contributed by atoms with van der Waals surface area (Å²) in [7, 11) is -3.91. The third kappa shape index (κ3) is 4.78. The van der Waals surface area contributed by atoms with E-state index in [0.29, 0.717) is 22.5 Å². The summed E-state index contributed by atoms with van der Waals surface area (Å²) in [5.74, 6) is -0.979. The summed E-state index contributed by atoms with van der Waals surface area (Å²) in [4.78, 5) is 38.1. The molecule has 0 radical (unpaired) electrons. The molecule has 0 spiro atoms. The number of anilines is 2. The highest BCUT2D eigenvalue weighted by atomic mass is 32.2. The minimum absolute atomic E-state index is 0.0683. The zero-order valence-electron chi connectivity index (χ0n) is 18.6. The standard InChI is InChI=1S/C24H27N3O5S/c1-15-7-8-17(14-27-23(29)20-5-3-4-6-21(20)24(27)30)13-22(15)33(31,32)26-19-11-9-18(10-12-19)25-16(2)28/h7-13,20-21,26H,3-6,14H2,1-2H3,(H,25,28)/t20-,21-/m1/s1. The molecular formula is C24H27N3O5S. The number of amides is 3. The van der Waals surface area contributed by atoms with Crippen LogP contribution in [-0.4, -0.2) is 31.0 Å². The molecule has 2 aromatic rings. The highest BCUT2D eigenvalue weighted by molar-refractivity contribution is 7.92. The second kappa shape index (κ2) is 8.97. The molecule has 0 aromatic heterocycles. The van der Waals surface area contributed by atoms with Crippen LogP contribution in [0, 0.1) is 18.8 Å². The zero-order chi connectivity index (χ0) is 23.8. The molecular weight excluding hydrogens is 442 g/mol. The molecule has 1 aliphatic heterocycles. The van der Waals surface area contributed by atoms with Crippen LogP contribution >= 0.6 is 0 Å². The Labute approximate surface area is 193 Å². The quantitative estimate of drug-likeness (QED) is 0.630. The maximum Gasteiger partial charge on any atom is 0.262 e. The normalized spacial score (nSPS) is 20.5. The van der Waals surface area contributed by atoms with Gasteiger partial charge in [0.25, 0.3) is 10.0 Å². The number of hydrogen-bond donors (Lipinski definition) is 2.